The van der Waals surface area contributed by atoms with Gasteiger partial charge in [0.05, 0.1) is 35.5 Å². The molecular formula is C16H14ClF2N5O3. The molecule has 2 aromatic rings. The largest absolute Gasteiger partial charge is 0.507 e. The van der Waals surface area contributed by atoms with E-state index in [0.29, 0.717) is 0 Å². The molecular weight excluding hydrogens is 384 g/mol. The predicted octanol–water partition coefficient (Wildman–Crippen LogP) is 1.76. The van der Waals surface area contributed by atoms with Crippen LogP contribution in [0.3, 0.4) is 0 Å². The van der Waals surface area contributed by atoms with Crippen molar-refractivity contribution in [3.63, 3.8) is 0 Å². The Balaban J connectivity index is 2.44. The minimum Gasteiger partial charge on any atom is -0.507 e. The first-order valence-corrected chi connectivity index (χ1v) is 7.70. The number of halogens is 3. The molecule has 0 radical (unpaired) electrons. The lowest BCUT2D eigenvalue weighted by Gasteiger charge is -2.12. The van der Waals surface area contributed by atoms with Gasteiger partial charge in [0.1, 0.15) is 22.4 Å². The summed E-state index contributed by atoms with van der Waals surface area (Å²) in [5, 5.41) is 28.5. The molecule has 0 atom stereocenters. The third-order valence-corrected chi connectivity index (χ3v) is 3.59. The number of carbonyl (C=O) groups excluding carboxylic acids is 1. The number of phenols is 1. The summed E-state index contributed by atoms with van der Waals surface area (Å²) in [7, 11) is 0. The normalized spacial score (nSPS) is 11.7. The molecule has 2 rings (SSSR count). The van der Waals surface area contributed by atoms with Crippen LogP contribution in [0.5, 0.6) is 5.75 Å². The van der Waals surface area contributed by atoms with E-state index in [0.717, 1.165) is 18.3 Å². The van der Waals surface area contributed by atoms with Crippen LogP contribution in [0.4, 0.5) is 8.78 Å². The molecule has 1 heterocycles. The molecule has 11 heteroatoms. The summed E-state index contributed by atoms with van der Waals surface area (Å²) in [4.78, 5) is 19.3. The van der Waals surface area contributed by atoms with Crippen molar-refractivity contribution >= 4 is 23.2 Å². The fourth-order valence-electron chi connectivity index (χ4n) is 2.10. The fourth-order valence-corrected chi connectivity index (χ4v) is 2.29. The van der Waals surface area contributed by atoms with Gasteiger partial charge in [0.15, 0.2) is 0 Å². The summed E-state index contributed by atoms with van der Waals surface area (Å²) in [5.74, 6) is -3.54. The number of allylic oxidation sites excluding steroid dienone is 1. The van der Waals surface area contributed by atoms with E-state index in [1.807, 2.05) is 0 Å². The van der Waals surface area contributed by atoms with E-state index in [-0.39, 0.29) is 27.8 Å². The van der Waals surface area contributed by atoms with Crippen molar-refractivity contribution in [2.45, 2.75) is 13.5 Å². The second-order valence-corrected chi connectivity index (χ2v) is 5.71. The molecule has 0 unspecified atom stereocenters. The van der Waals surface area contributed by atoms with Gasteiger partial charge in [-0.25, -0.2) is 14.4 Å². The Kier molecular flexibility index (Phi) is 6.03. The second kappa shape index (κ2) is 8.06. The summed E-state index contributed by atoms with van der Waals surface area (Å²) >= 11 is 5.59. The van der Waals surface area contributed by atoms with E-state index in [4.69, 9.17) is 27.9 Å². The third kappa shape index (κ3) is 4.36. The lowest BCUT2D eigenvalue weighted by Crippen LogP contribution is -2.28. The highest BCUT2D eigenvalue weighted by Gasteiger charge is 2.20. The summed E-state index contributed by atoms with van der Waals surface area (Å²) in [6.07, 6.45) is 0.916. The highest BCUT2D eigenvalue weighted by Crippen LogP contribution is 2.29. The molecule has 6 N–H and O–H groups in total. The van der Waals surface area contributed by atoms with Gasteiger partial charge < -0.3 is 26.7 Å². The van der Waals surface area contributed by atoms with Gasteiger partial charge in [0.25, 0.3) is 5.91 Å². The number of nitrogens with zero attached hydrogens (tertiary/aromatic N) is 2. The lowest BCUT2D eigenvalue weighted by molar-refractivity contribution is 0.0964. The molecule has 8 nitrogen and oxygen atoms in total. The number of aromatic nitrogens is 2. The SMILES string of the molecule is CC(=N)/C(NC(=O)c1cc(F)c(-c2cnc(F)c(CO)n2)cc1O)=C(\N)Cl. The van der Waals surface area contributed by atoms with Crippen LogP contribution >= 0.6 is 11.6 Å². The molecule has 0 spiro atoms. The quantitative estimate of drug-likeness (QED) is 0.384. The zero-order chi connectivity index (χ0) is 20.3. The summed E-state index contributed by atoms with van der Waals surface area (Å²) in [5.41, 5.74) is 3.75. The van der Waals surface area contributed by atoms with Crippen LogP contribution in [0.15, 0.2) is 29.2 Å². The number of rotatable bonds is 5. The zero-order valence-corrected chi connectivity index (χ0v) is 14.6. The third-order valence-electron chi connectivity index (χ3n) is 3.40. The number of aromatic hydroxyl groups is 1. The van der Waals surface area contributed by atoms with Crippen molar-refractivity contribution in [2.24, 2.45) is 5.73 Å². The monoisotopic (exact) mass is 397 g/mol. The Morgan fingerprint density at radius 2 is 2.07 bits per heavy atom. The van der Waals surface area contributed by atoms with Crippen LogP contribution in [-0.2, 0) is 6.61 Å². The van der Waals surface area contributed by atoms with Crippen molar-refractivity contribution < 1.29 is 23.8 Å². The average molecular weight is 398 g/mol. The Bertz CT molecular complexity index is 961. The van der Waals surface area contributed by atoms with Crippen LogP contribution in [0, 0.1) is 17.2 Å². The Morgan fingerprint density at radius 3 is 2.63 bits per heavy atom. The minimum atomic E-state index is -1.01. The Hall–Kier alpha value is -3.11. The number of aliphatic hydroxyl groups excluding tert-OH is 1. The van der Waals surface area contributed by atoms with Crippen molar-refractivity contribution in [2.75, 3.05) is 0 Å². The van der Waals surface area contributed by atoms with Crippen LogP contribution in [0.2, 0.25) is 0 Å². The van der Waals surface area contributed by atoms with Gasteiger partial charge in [-0.2, -0.15) is 4.39 Å². The number of amides is 1. The first-order chi connectivity index (χ1) is 12.6. The molecule has 0 saturated heterocycles. The Labute approximate surface area is 156 Å². The maximum absolute atomic E-state index is 14.4. The van der Waals surface area contributed by atoms with Gasteiger partial charge in [-0.3, -0.25) is 4.79 Å². The van der Waals surface area contributed by atoms with Gasteiger partial charge >= 0.3 is 0 Å². The predicted molar refractivity (Wildman–Crippen MR) is 92.9 cm³/mol. The molecule has 0 aliphatic carbocycles. The highest BCUT2D eigenvalue weighted by molar-refractivity contribution is 6.31. The standard InChI is InChI=1S/C16H14ClF2N5O3/c1-6(20)13(14(17)21)24-16(27)8-2-9(18)7(3-12(8)26)10-4-22-15(19)11(5-25)23-10/h2-4,20,25-26H,5,21H2,1H3,(H,24,27)/b14-13+,20-6?. The number of nitrogens with one attached hydrogen (secondary N) is 2. The van der Waals surface area contributed by atoms with E-state index in [9.17, 15) is 18.7 Å². The maximum atomic E-state index is 14.4. The molecule has 142 valence electrons. The fraction of sp³-hybridized carbons (Fsp3) is 0.125. The van der Waals surface area contributed by atoms with E-state index in [2.05, 4.69) is 15.3 Å². The molecule has 0 bridgehead atoms. The number of phenolic OH excluding ortho intramolecular Hbond substituents is 1. The highest BCUT2D eigenvalue weighted by atomic mass is 35.5. The molecule has 0 aliphatic rings. The summed E-state index contributed by atoms with van der Waals surface area (Å²) in [6.45, 7) is 0.568. The zero-order valence-electron chi connectivity index (χ0n) is 13.8. The topological polar surface area (TPSA) is 145 Å². The van der Waals surface area contributed by atoms with Gasteiger partial charge in [0.2, 0.25) is 5.95 Å². The van der Waals surface area contributed by atoms with Crippen LogP contribution < -0.4 is 11.1 Å². The van der Waals surface area contributed by atoms with E-state index in [1.165, 1.54) is 6.92 Å². The van der Waals surface area contributed by atoms with Crippen molar-refractivity contribution in [1.82, 2.24) is 15.3 Å². The number of carbonyl (C=O) groups is 1. The number of benzene rings is 1. The summed E-state index contributed by atoms with van der Waals surface area (Å²) < 4.78 is 27.8. The van der Waals surface area contributed by atoms with E-state index in [1.54, 1.807) is 0 Å². The van der Waals surface area contributed by atoms with E-state index >= 15 is 0 Å². The van der Waals surface area contributed by atoms with Gasteiger partial charge in [-0.05, 0) is 19.1 Å². The van der Waals surface area contributed by atoms with Gasteiger partial charge in [-0.1, -0.05) is 11.6 Å². The van der Waals surface area contributed by atoms with Crippen LogP contribution in [0.1, 0.15) is 23.0 Å². The van der Waals surface area contributed by atoms with Crippen molar-refractivity contribution in [3.8, 4) is 17.0 Å². The number of hydrogen-bond acceptors (Lipinski definition) is 7. The van der Waals surface area contributed by atoms with Gasteiger partial charge in [-0.15, -0.1) is 0 Å². The molecule has 0 saturated carbocycles. The van der Waals surface area contributed by atoms with Crippen LogP contribution in [-0.4, -0.2) is 31.8 Å². The first kappa shape index (κ1) is 20.2. The molecule has 1 aromatic carbocycles. The Morgan fingerprint density at radius 1 is 1.41 bits per heavy atom. The van der Waals surface area contributed by atoms with Crippen molar-refractivity contribution in [1.29, 1.82) is 5.41 Å². The number of aliphatic hydroxyl groups is 1. The summed E-state index contributed by atoms with van der Waals surface area (Å²) in [6, 6.07) is 1.63. The van der Waals surface area contributed by atoms with Crippen molar-refractivity contribution in [3.05, 3.63) is 52.2 Å². The number of hydrogen-bond donors (Lipinski definition) is 5. The first-order valence-electron chi connectivity index (χ1n) is 7.33. The molecule has 1 aromatic heterocycles. The molecule has 0 aliphatic heterocycles. The maximum Gasteiger partial charge on any atom is 0.259 e. The molecule has 27 heavy (non-hydrogen) atoms. The average Bonchev–Trinajstić information content (AvgIpc) is 2.61. The molecule has 1 amide bonds. The van der Waals surface area contributed by atoms with Gasteiger partial charge in [0, 0.05) is 5.56 Å². The lowest BCUT2D eigenvalue weighted by atomic mass is 10.1. The minimum absolute atomic E-state index is 0.148. The second-order valence-electron chi connectivity index (χ2n) is 5.30. The number of nitrogens with two attached hydrogens (primary N) is 1. The van der Waals surface area contributed by atoms with Crippen LogP contribution in [0.25, 0.3) is 11.3 Å². The smallest absolute Gasteiger partial charge is 0.259 e. The molecule has 0 fully saturated rings. The van der Waals surface area contributed by atoms with E-state index < -0.39 is 41.3 Å².